The maximum absolute atomic E-state index is 12.4. The Morgan fingerprint density at radius 3 is 2.75 bits per heavy atom. The number of carbonyl (C=O) groups is 2. The number of hydrogen-bond acceptors (Lipinski definition) is 4. The average Bonchev–Trinajstić information content (AvgIpc) is 2.86. The molecule has 1 aromatic rings. The predicted molar refractivity (Wildman–Crippen MR) is 69.8 cm³/mol. The van der Waals surface area contributed by atoms with Crippen LogP contribution in [0.2, 0.25) is 5.02 Å². The zero-order valence-electron chi connectivity index (χ0n) is 10.3. The summed E-state index contributed by atoms with van der Waals surface area (Å²) in [7, 11) is 0. The van der Waals surface area contributed by atoms with Crippen molar-refractivity contribution >= 4 is 29.2 Å². The van der Waals surface area contributed by atoms with E-state index in [2.05, 4.69) is 0 Å². The summed E-state index contributed by atoms with van der Waals surface area (Å²) in [4.78, 5) is 34.9. The zero-order valence-corrected chi connectivity index (χ0v) is 11.0. The number of nitrogens with zero attached hydrogens (tertiary/aromatic N) is 2. The quantitative estimate of drug-likeness (QED) is 0.679. The van der Waals surface area contributed by atoms with Crippen LogP contribution in [0.25, 0.3) is 0 Å². The second-order valence-corrected chi connectivity index (χ2v) is 4.79. The Morgan fingerprint density at radius 1 is 1.45 bits per heavy atom. The summed E-state index contributed by atoms with van der Waals surface area (Å²) in [5, 5.41) is 20.0. The summed E-state index contributed by atoms with van der Waals surface area (Å²) in [5.41, 5.74) is -0.675. The van der Waals surface area contributed by atoms with E-state index in [0.717, 1.165) is 4.90 Å². The minimum atomic E-state index is -1.12. The monoisotopic (exact) mass is 298 g/mol. The molecule has 1 fully saturated rings. The summed E-state index contributed by atoms with van der Waals surface area (Å²) in [6.45, 7) is 0.248. The molecule has 106 valence electrons. The first-order valence-electron chi connectivity index (χ1n) is 5.90. The van der Waals surface area contributed by atoms with Crippen molar-refractivity contribution in [1.29, 1.82) is 0 Å². The Morgan fingerprint density at radius 2 is 2.15 bits per heavy atom. The van der Waals surface area contributed by atoms with E-state index in [0.29, 0.717) is 12.8 Å². The van der Waals surface area contributed by atoms with Gasteiger partial charge in [0.2, 0.25) is 0 Å². The number of carboxylic acid groups (broad SMARTS) is 1. The molecular formula is C12H11ClN2O5. The van der Waals surface area contributed by atoms with Crippen molar-refractivity contribution in [1.82, 2.24) is 4.90 Å². The highest BCUT2D eigenvalue weighted by atomic mass is 35.5. The van der Waals surface area contributed by atoms with Gasteiger partial charge in [-0.2, -0.15) is 0 Å². The van der Waals surface area contributed by atoms with Crippen LogP contribution in [0.4, 0.5) is 5.69 Å². The van der Waals surface area contributed by atoms with Crippen LogP contribution in [-0.2, 0) is 4.79 Å². The molecule has 0 aliphatic carbocycles. The number of aliphatic carboxylic acids is 1. The van der Waals surface area contributed by atoms with Gasteiger partial charge in [0.05, 0.1) is 9.95 Å². The Bertz CT molecular complexity index is 589. The molecule has 0 spiro atoms. The second-order valence-electron chi connectivity index (χ2n) is 4.39. The van der Waals surface area contributed by atoms with Crippen molar-refractivity contribution in [3.8, 4) is 0 Å². The highest BCUT2D eigenvalue weighted by Crippen LogP contribution is 2.30. The number of rotatable bonds is 3. The molecule has 1 aliphatic heterocycles. The molecule has 8 heteroatoms. The molecule has 0 radical (unpaired) electrons. The normalized spacial score (nSPS) is 18.1. The third kappa shape index (κ3) is 2.44. The van der Waals surface area contributed by atoms with Gasteiger partial charge in [-0.1, -0.05) is 17.7 Å². The molecule has 0 aromatic heterocycles. The Kier molecular flexibility index (Phi) is 3.89. The lowest BCUT2D eigenvalue weighted by Gasteiger charge is -2.21. The molecule has 0 bridgehead atoms. The van der Waals surface area contributed by atoms with Gasteiger partial charge in [0, 0.05) is 12.6 Å². The van der Waals surface area contributed by atoms with E-state index in [4.69, 9.17) is 16.7 Å². The lowest BCUT2D eigenvalue weighted by atomic mass is 10.1. The first-order chi connectivity index (χ1) is 9.43. The third-order valence-electron chi connectivity index (χ3n) is 3.20. The van der Waals surface area contributed by atoms with Gasteiger partial charge in [-0.3, -0.25) is 14.9 Å². The fourth-order valence-corrected chi connectivity index (χ4v) is 2.54. The van der Waals surface area contributed by atoms with E-state index in [1.807, 2.05) is 0 Å². The van der Waals surface area contributed by atoms with E-state index < -0.39 is 28.5 Å². The predicted octanol–water partition coefficient (Wildman–Crippen LogP) is 1.94. The highest BCUT2D eigenvalue weighted by Gasteiger charge is 2.37. The third-order valence-corrected chi connectivity index (χ3v) is 3.52. The lowest BCUT2D eigenvalue weighted by Crippen LogP contribution is -2.40. The number of nitro benzene ring substituents is 1. The molecule has 7 nitrogen and oxygen atoms in total. The number of carbonyl (C=O) groups excluding carboxylic acids is 1. The molecule has 1 aromatic carbocycles. The van der Waals surface area contributed by atoms with Crippen molar-refractivity contribution in [2.24, 2.45) is 0 Å². The van der Waals surface area contributed by atoms with Crippen LogP contribution in [0.3, 0.4) is 0 Å². The van der Waals surface area contributed by atoms with Gasteiger partial charge in [-0.25, -0.2) is 4.79 Å². The summed E-state index contributed by atoms with van der Waals surface area (Å²) >= 11 is 5.87. The van der Waals surface area contributed by atoms with Crippen LogP contribution in [0.15, 0.2) is 18.2 Å². The van der Waals surface area contributed by atoms with Crippen LogP contribution in [0.5, 0.6) is 0 Å². The van der Waals surface area contributed by atoms with Crippen LogP contribution in [-0.4, -0.2) is 39.4 Å². The van der Waals surface area contributed by atoms with E-state index in [1.54, 1.807) is 0 Å². The van der Waals surface area contributed by atoms with Crippen LogP contribution in [0.1, 0.15) is 23.2 Å². The smallest absolute Gasteiger partial charge is 0.326 e. The van der Waals surface area contributed by atoms with Gasteiger partial charge in [0.1, 0.15) is 11.6 Å². The van der Waals surface area contributed by atoms with Crippen LogP contribution in [0, 0.1) is 10.1 Å². The van der Waals surface area contributed by atoms with Crippen LogP contribution >= 0.6 is 11.6 Å². The SMILES string of the molecule is O=C(O)C1CCCN1C(=O)c1c(Cl)cccc1[N+](=O)[O-]. The van der Waals surface area contributed by atoms with Crippen LogP contribution < -0.4 is 0 Å². The van der Waals surface area contributed by atoms with Crippen molar-refractivity contribution < 1.29 is 19.6 Å². The average molecular weight is 299 g/mol. The summed E-state index contributed by atoms with van der Waals surface area (Å²) < 4.78 is 0. The molecule has 0 saturated carbocycles. The molecule has 1 atom stereocenters. The van der Waals surface area contributed by atoms with Gasteiger partial charge in [-0.15, -0.1) is 0 Å². The first-order valence-corrected chi connectivity index (χ1v) is 6.28. The van der Waals surface area contributed by atoms with E-state index >= 15 is 0 Å². The molecule has 1 N–H and O–H groups in total. The van der Waals surface area contributed by atoms with E-state index in [1.165, 1.54) is 18.2 Å². The molecule has 2 rings (SSSR count). The number of likely N-dealkylation sites (tertiary alicyclic amines) is 1. The minimum Gasteiger partial charge on any atom is -0.480 e. The van der Waals surface area contributed by atoms with Gasteiger partial charge < -0.3 is 10.0 Å². The lowest BCUT2D eigenvalue weighted by molar-refractivity contribution is -0.385. The maximum Gasteiger partial charge on any atom is 0.326 e. The molecule has 1 unspecified atom stereocenters. The molecule has 1 heterocycles. The van der Waals surface area contributed by atoms with Gasteiger partial charge >= 0.3 is 5.97 Å². The summed E-state index contributed by atoms with van der Waals surface area (Å²) in [6.07, 6.45) is 0.875. The highest BCUT2D eigenvalue weighted by molar-refractivity contribution is 6.34. The van der Waals surface area contributed by atoms with Crippen molar-refractivity contribution in [2.45, 2.75) is 18.9 Å². The topological polar surface area (TPSA) is 101 Å². The summed E-state index contributed by atoms with van der Waals surface area (Å²) in [6, 6.07) is 2.95. The van der Waals surface area contributed by atoms with Gasteiger partial charge in [0.15, 0.2) is 0 Å². The Hall–Kier alpha value is -2.15. The number of halogens is 1. The molecular weight excluding hydrogens is 288 g/mol. The largest absolute Gasteiger partial charge is 0.480 e. The molecule has 1 saturated heterocycles. The number of nitro groups is 1. The minimum absolute atomic E-state index is 0.0553. The van der Waals surface area contributed by atoms with E-state index in [-0.39, 0.29) is 17.1 Å². The fraction of sp³-hybridized carbons (Fsp3) is 0.333. The maximum atomic E-state index is 12.4. The molecule has 20 heavy (non-hydrogen) atoms. The zero-order chi connectivity index (χ0) is 14.9. The summed E-state index contributed by atoms with van der Waals surface area (Å²) in [5.74, 6) is -1.84. The second kappa shape index (κ2) is 5.46. The Labute approximate surface area is 118 Å². The number of hydrogen-bond donors (Lipinski definition) is 1. The molecule has 1 amide bonds. The van der Waals surface area contributed by atoms with E-state index in [9.17, 15) is 19.7 Å². The number of benzene rings is 1. The van der Waals surface area contributed by atoms with Gasteiger partial charge in [-0.05, 0) is 18.9 Å². The van der Waals surface area contributed by atoms with Crippen molar-refractivity contribution in [3.05, 3.63) is 38.9 Å². The van der Waals surface area contributed by atoms with Crippen molar-refractivity contribution in [3.63, 3.8) is 0 Å². The Balaban J connectivity index is 2.44. The van der Waals surface area contributed by atoms with Crippen molar-refractivity contribution in [2.75, 3.05) is 6.54 Å². The first kappa shape index (κ1) is 14.3. The van der Waals surface area contributed by atoms with Gasteiger partial charge in [0.25, 0.3) is 11.6 Å². The number of carboxylic acids is 1. The standard InChI is InChI=1S/C12H11ClN2O5/c13-7-3-1-4-8(15(19)20)10(7)11(16)14-6-2-5-9(14)12(17)18/h1,3-4,9H,2,5-6H2,(H,17,18). The number of amides is 1. The molecule has 1 aliphatic rings. The fourth-order valence-electron chi connectivity index (χ4n) is 2.29.